The van der Waals surface area contributed by atoms with Gasteiger partial charge in [-0.1, -0.05) is 17.7 Å². The van der Waals surface area contributed by atoms with Gasteiger partial charge in [0.15, 0.2) is 0 Å². The fourth-order valence-corrected chi connectivity index (χ4v) is 2.92. The van der Waals surface area contributed by atoms with Crippen LogP contribution in [0.25, 0.3) is 0 Å². The number of ether oxygens (including phenoxy) is 1. The van der Waals surface area contributed by atoms with Gasteiger partial charge in [-0.2, -0.15) is 5.26 Å². The smallest absolute Gasteiger partial charge is 0.326 e. The number of carbonyl (C=O) groups excluding carboxylic acids is 2. The van der Waals surface area contributed by atoms with E-state index in [9.17, 15) is 18.4 Å². The summed E-state index contributed by atoms with van der Waals surface area (Å²) in [7, 11) is 0. The van der Waals surface area contributed by atoms with Gasteiger partial charge in [-0.3, -0.25) is 4.79 Å². The second-order valence-corrected chi connectivity index (χ2v) is 6.66. The van der Waals surface area contributed by atoms with E-state index in [0.29, 0.717) is 10.5 Å². The molecule has 0 atom stereocenters. The number of amides is 3. The summed E-state index contributed by atoms with van der Waals surface area (Å²) in [6.07, 6.45) is 1.28. The van der Waals surface area contributed by atoms with E-state index in [-0.39, 0.29) is 27.9 Å². The van der Waals surface area contributed by atoms with Crippen LogP contribution in [0.3, 0.4) is 0 Å². The molecular formula is C21H13ClF2N4O3. The Morgan fingerprint density at radius 1 is 1.19 bits per heavy atom. The number of aryl methyl sites for hydroxylation is 1. The van der Waals surface area contributed by atoms with E-state index < -0.39 is 29.1 Å². The summed E-state index contributed by atoms with van der Waals surface area (Å²) in [6, 6.07) is 9.01. The Hall–Kier alpha value is -4.03. The summed E-state index contributed by atoms with van der Waals surface area (Å²) >= 11 is 6.05. The first kappa shape index (κ1) is 21.7. The Kier molecular flexibility index (Phi) is 6.13. The van der Waals surface area contributed by atoms with Crippen LogP contribution in [0.1, 0.15) is 21.5 Å². The molecule has 3 amide bonds. The zero-order valence-electron chi connectivity index (χ0n) is 15.9. The maximum Gasteiger partial charge on any atom is 0.326 e. The predicted molar refractivity (Wildman–Crippen MR) is 108 cm³/mol. The highest BCUT2D eigenvalue weighted by Crippen LogP contribution is 2.32. The molecule has 2 aromatic carbocycles. The van der Waals surface area contributed by atoms with Crippen LogP contribution in [0, 0.1) is 29.9 Å². The zero-order chi connectivity index (χ0) is 22.7. The fourth-order valence-electron chi connectivity index (χ4n) is 2.71. The number of nitrogens with two attached hydrogens (primary N) is 1. The Morgan fingerprint density at radius 3 is 2.42 bits per heavy atom. The molecule has 0 radical (unpaired) electrons. The zero-order valence-corrected chi connectivity index (χ0v) is 16.7. The molecule has 3 rings (SSSR count). The number of imide groups is 1. The SMILES string of the molecule is Cc1cc(N(C(N)=O)C(=O)c2c(F)cccc2F)ccc1Oc1ncc(C#N)cc1Cl. The maximum atomic E-state index is 14.0. The van der Waals surface area contributed by atoms with Crippen LogP contribution in [0.4, 0.5) is 19.3 Å². The van der Waals surface area contributed by atoms with Gasteiger partial charge in [-0.05, 0) is 48.9 Å². The van der Waals surface area contributed by atoms with Crippen molar-refractivity contribution in [2.75, 3.05) is 4.90 Å². The summed E-state index contributed by atoms with van der Waals surface area (Å²) in [5.41, 5.74) is 5.06. The number of hydrogen-bond donors (Lipinski definition) is 1. The van der Waals surface area contributed by atoms with Crippen LogP contribution in [0.2, 0.25) is 5.02 Å². The van der Waals surface area contributed by atoms with Crippen LogP contribution in [-0.4, -0.2) is 16.9 Å². The lowest BCUT2D eigenvalue weighted by Gasteiger charge is -2.20. The molecule has 3 aromatic rings. The van der Waals surface area contributed by atoms with Crippen LogP contribution in [0.15, 0.2) is 48.7 Å². The first-order valence-corrected chi connectivity index (χ1v) is 9.02. The first-order valence-electron chi connectivity index (χ1n) is 8.65. The van der Waals surface area contributed by atoms with Crippen molar-refractivity contribution in [3.8, 4) is 17.7 Å². The normalized spacial score (nSPS) is 10.3. The number of benzene rings is 2. The molecule has 0 fully saturated rings. The molecule has 156 valence electrons. The van der Waals surface area contributed by atoms with Crippen molar-refractivity contribution in [2.45, 2.75) is 6.92 Å². The molecule has 0 unspecified atom stereocenters. The quantitative estimate of drug-likeness (QED) is 0.629. The van der Waals surface area contributed by atoms with Crippen molar-refractivity contribution < 1.29 is 23.1 Å². The van der Waals surface area contributed by atoms with Gasteiger partial charge in [0, 0.05) is 6.20 Å². The van der Waals surface area contributed by atoms with E-state index in [1.807, 2.05) is 6.07 Å². The van der Waals surface area contributed by atoms with Crippen molar-refractivity contribution in [3.63, 3.8) is 0 Å². The average Bonchev–Trinajstić information content (AvgIpc) is 2.71. The number of halogens is 3. The van der Waals surface area contributed by atoms with E-state index in [0.717, 1.165) is 18.2 Å². The van der Waals surface area contributed by atoms with Gasteiger partial charge in [0.2, 0.25) is 5.88 Å². The third-order valence-corrected chi connectivity index (χ3v) is 4.43. The topological polar surface area (TPSA) is 109 Å². The Bertz CT molecular complexity index is 1220. The average molecular weight is 443 g/mol. The molecule has 1 aromatic heterocycles. The molecule has 0 aliphatic rings. The highest BCUT2D eigenvalue weighted by Gasteiger charge is 2.28. The third-order valence-electron chi connectivity index (χ3n) is 4.16. The molecule has 0 bridgehead atoms. The highest BCUT2D eigenvalue weighted by atomic mass is 35.5. The summed E-state index contributed by atoms with van der Waals surface area (Å²) in [6.45, 7) is 1.60. The maximum absolute atomic E-state index is 14.0. The minimum atomic E-state index is -1.26. The van der Waals surface area contributed by atoms with Gasteiger partial charge in [-0.25, -0.2) is 23.5 Å². The number of hydrogen-bond acceptors (Lipinski definition) is 5. The van der Waals surface area contributed by atoms with E-state index >= 15 is 0 Å². The molecule has 0 spiro atoms. The van der Waals surface area contributed by atoms with E-state index in [1.165, 1.54) is 30.5 Å². The molecule has 1 heterocycles. The van der Waals surface area contributed by atoms with Gasteiger partial charge in [0.05, 0.1) is 11.3 Å². The van der Waals surface area contributed by atoms with E-state index in [4.69, 9.17) is 27.3 Å². The highest BCUT2D eigenvalue weighted by molar-refractivity contribution is 6.32. The lowest BCUT2D eigenvalue weighted by atomic mass is 10.1. The molecule has 2 N–H and O–H groups in total. The molecule has 0 saturated carbocycles. The molecule has 0 aliphatic heterocycles. The largest absolute Gasteiger partial charge is 0.437 e. The fraction of sp³-hybridized carbons (Fsp3) is 0.0476. The molecular weight excluding hydrogens is 430 g/mol. The summed E-state index contributed by atoms with van der Waals surface area (Å²) < 4.78 is 33.7. The second-order valence-electron chi connectivity index (χ2n) is 6.25. The lowest BCUT2D eigenvalue weighted by Crippen LogP contribution is -2.41. The van der Waals surface area contributed by atoms with Gasteiger partial charge in [0.25, 0.3) is 5.91 Å². The number of nitrogens with zero attached hydrogens (tertiary/aromatic N) is 3. The van der Waals surface area contributed by atoms with Gasteiger partial charge < -0.3 is 10.5 Å². The number of pyridine rings is 1. The summed E-state index contributed by atoms with van der Waals surface area (Å²) in [5, 5.41) is 8.97. The number of aromatic nitrogens is 1. The van der Waals surface area contributed by atoms with Crippen molar-refractivity contribution >= 4 is 29.2 Å². The number of carbonyl (C=O) groups is 2. The lowest BCUT2D eigenvalue weighted by molar-refractivity contribution is 0.0987. The second kappa shape index (κ2) is 8.77. The Balaban J connectivity index is 1.95. The van der Waals surface area contributed by atoms with Crippen LogP contribution in [0.5, 0.6) is 11.6 Å². The molecule has 7 nitrogen and oxygen atoms in total. The van der Waals surface area contributed by atoms with E-state index in [2.05, 4.69) is 4.98 Å². The van der Waals surface area contributed by atoms with Crippen LogP contribution in [-0.2, 0) is 0 Å². The standard InChI is InChI=1S/C21H13ClF2N4O3/c1-11-7-13(5-6-17(11)31-19-14(22)8-12(9-25)10-27-19)28(21(26)30)20(29)18-15(23)3-2-4-16(18)24/h2-8,10H,1H3,(H2,26,30). The molecule has 31 heavy (non-hydrogen) atoms. The number of urea groups is 1. The van der Waals surface area contributed by atoms with Crippen molar-refractivity contribution in [1.82, 2.24) is 4.98 Å². The number of anilines is 1. The Labute approximate surface area is 180 Å². The van der Waals surface area contributed by atoms with Gasteiger partial charge >= 0.3 is 6.03 Å². The number of rotatable bonds is 4. The number of primary amides is 1. The molecule has 10 heteroatoms. The number of nitriles is 1. The first-order chi connectivity index (χ1) is 14.7. The minimum Gasteiger partial charge on any atom is -0.437 e. The van der Waals surface area contributed by atoms with Crippen molar-refractivity contribution in [2.24, 2.45) is 5.73 Å². The minimum absolute atomic E-state index is 0.0242. The van der Waals surface area contributed by atoms with Gasteiger partial charge in [-0.15, -0.1) is 0 Å². The van der Waals surface area contributed by atoms with Crippen molar-refractivity contribution in [3.05, 3.63) is 82.0 Å². The van der Waals surface area contributed by atoms with Crippen molar-refractivity contribution in [1.29, 1.82) is 5.26 Å². The summed E-state index contributed by atoms with van der Waals surface area (Å²) in [4.78, 5) is 29.0. The monoisotopic (exact) mass is 442 g/mol. The van der Waals surface area contributed by atoms with Crippen LogP contribution >= 0.6 is 11.6 Å². The Morgan fingerprint density at radius 2 is 1.87 bits per heavy atom. The van der Waals surface area contributed by atoms with Crippen LogP contribution < -0.4 is 15.4 Å². The third kappa shape index (κ3) is 4.44. The van der Waals surface area contributed by atoms with Gasteiger partial charge in [0.1, 0.15) is 34.0 Å². The molecule has 0 saturated heterocycles. The predicted octanol–water partition coefficient (Wildman–Crippen LogP) is 4.71. The molecule has 0 aliphatic carbocycles. The van der Waals surface area contributed by atoms with E-state index in [1.54, 1.807) is 6.92 Å². The summed E-state index contributed by atoms with van der Waals surface area (Å²) in [5.74, 6) is -3.21.